The van der Waals surface area contributed by atoms with Gasteiger partial charge in [0, 0.05) is 19.8 Å². The van der Waals surface area contributed by atoms with Crippen molar-refractivity contribution in [3.63, 3.8) is 0 Å². The highest BCUT2D eigenvalue weighted by Gasteiger charge is 2.36. The molecule has 0 saturated heterocycles. The first-order valence-corrected chi connectivity index (χ1v) is 9.86. The first kappa shape index (κ1) is 16.0. The van der Waals surface area contributed by atoms with Crippen LogP contribution in [-0.2, 0) is 21.2 Å². The molecule has 0 bridgehead atoms. The lowest BCUT2D eigenvalue weighted by molar-refractivity contribution is 0.194. The summed E-state index contributed by atoms with van der Waals surface area (Å²) in [5.41, 5.74) is 4.07. The molecule has 0 amide bonds. The van der Waals surface area contributed by atoms with Crippen molar-refractivity contribution in [1.82, 2.24) is 4.72 Å². The molecule has 1 aromatic rings. The van der Waals surface area contributed by atoms with Crippen molar-refractivity contribution in [2.75, 3.05) is 19.5 Å². The fourth-order valence-electron chi connectivity index (χ4n) is 3.91. The Morgan fingerprint density at radius 1 is 1.32 bits per heavy atom. The first-order valence-electron chi connectivity index (χ1n) is 8.21. The van der Waals surface area contributed by atoms with Crippen molar-refractivity contribution >= 4 is 10.0 Å². The summed E-state index contributed by atoms with van der Waals surface area (Å²) in [7, 11) is -1.58. The molecule has 0 radical (unpaired) electrons. The Balaban J connectivity index is 1.69. The number of nitrogens with one attached hydrogen (secondary N) is 1. The molecule has 0 saturated carbocycles. The third-order valence-corrected chi connectivity index (χ3v) is 6.34. The van der Waals surface area contributed by atoms with E-state index < -0.39 is 10.0 Å². The van der Waals surface area contributed by atoms with Crippen LogP contribution in [0.5, 0.6) is 0 Å². The number of hydrogen-bond donors (Lipinski definition) is 1. The van der Waals surface area contributed by atoms with E-state index in [1.54, 1.807) is 7.11 Å². The van der Waals surface area contributed by atoms with Gasteiger partial charge in [-0.15, -0.1) is 0 Å². The highest BCUT2D eigenvalue weighted by Crippen LogP contribution is 2.47. The molecular formula is C17H25NO3S. The van der Waals surface area contributed by atoms with Gasteiger partial charge in [0.25, 0.3) is 0 Å². The van der Waals surface area contributed by atoms with E-state index in [0.717, 1.165) is 19.3 Å². The number of hydrogen-bond acceptors (Lipinski definition) is 3. The van der Waals surface area contributed by atoms with Gasteiger partial charge in [-0.1, -0.05) is 18.2 Å². The second kappa shape index (κ2) is 6.69. The highest BCUT2D eigenvalue weighted by atomic mass is 32.2. The third kappa shape index (κ3) is 3.36. The lowest BCUT2D eigenvalue weighted by atomic mass is 9.84. The van der Waals surface area contributed by atoms with Gasteiger partial charge in [-0.05, 0) is 61.1 Å². The van der Waals surface area contributed by atoms with E-state index in [9.17, 15) is 8.42 Å². The van der Waals surface area contributed by atoms with Crippen LogP contribution in [0.25, 0.3) is 0 Å². The molecule has 2 aliphatic rings. The molecule has 0 aromatic heterocycles. The maximum absolute atomic E-state index is 12.3. The normalized spacial score (nSPS) is 23.5. The van der Waals surface area contributed by atoms with Crippen molar-refractivity contribution < 1.29 is 13.2 Å². The van der Waals surface area contributed by atoms with Gasteiger partial charge in [0.1, 0.15) is 0 Å². The van der Waals surface area contributed by atoms with E-state index >= 15 is 0 Å². The average molecular weight is 323 g/mol. The number of rotatable bonds is 7. The maximum atomic E-state index is 12.3. The van der Waals surface area contributed by atoms with E-state index in [1.165, 1.54) is 29.5 Å². The minimum absolute atomic E-state index is 0.0366. The Morgan fingerprint density at radius 2 is 2.18 bits per heavy atom. The van der Waals surface area contributed by atoms with Crippen LogP contribution < -0.4 is 4.72 Å². The van der Waals surface area contributed by atoms with Crippen molar-refractivity contribution in [1.29, 1.82) is 0 Å². The largest absolute Gasteiger partial charge is 0.385 e. The van der Waals surface area contributed by atoms with Crippen molar-refractivity contribution in [2.24, 2.45) is 0 Å². The number of ether oxygens (including phenoxy) is 1. The smallest absolute Gasteiger partial charge is 0.212 e. The Bertz CT molecular complexity index is 627. The average Bonchev–Trinajstić information content (AvgIpc) is 2.84. The summed E-state index contributed by atoms with van der Waals surface area (Å²) in [6, 6.07) is 6.34. The summed E-state index contributed by atoms with van der Waals surface area (Å²) in [6.45, 7) is 0.618. The van der Waals surface area contributed by atoms with Gasteiger partial charge < -0.3 is 4.74 Å². The highest BCUT2D eigenvalue weighted by molar-refractivity contribution is 7.89. The Kier molecular flexibility index (Phi) is 4.85. The summed E-state index contributed by atoms with van der Waals surface area (Å²) in [4.78, 5) is 0. The van der Waals surface area contributed by atoms with Gasteiger partial charge in [-0.2, -0.15) is 0 Å². The molecule has 0 aliphatic heterocycles. The number of unbranched alkanes of at least 4 members (excludes halogenated alkanes) is 1. The van der Waals surface area contributed by atoms with Gasteiger partial charge in [-0.3, -0.25) is 0 Å². The monoisotopic (exact) mass is 323 g/mol. The Labute approximate surface area is 133 Å². The topological polar surface area (TPSA) is 55.4 Å². The molecule has 0 heterocycles. The fraction of sp³-hybridized carbons (Fsp3) is 0.647. The second-order valence-corrected chi connectivity index (χ2v) is 8.31. The van der Waals surface area contributed by atoms with E-state index in [2.05, 4.69) is 22.9 Å². The van der Waals surface area contributed by atoms with Crippen molar-refractivity contribution in [3.8, 4) is 0 Å². The zero-order valence-corrected chi connectivity index (χ0v) is 14.0. The van der Waals surface area contributed by atoms with Crippen LogP contribution in [0.15, 0.2) is 18.2 Å². The molecule has 4 nitrogen and oxygen atoms in total. The zero-order chi connectivity index (χ0) is 15.6. The van der Waals surface area contributed by atoms with E-state index in [1.807, 2.05) is 0 Å². The molecule has 5 heteroatoms. The molecule has 3 rings (SSSR count). The zero-order valence-electron chi connectivity index (χ0n) is 13.2. The Morgan fingerprint density at radius 3 is 3.00 bits per heavy atom. The van der Waals surface area contributed by atoms with Crippen LogP contribution >= 0.6 is 0 Å². The molecule has 0 spiro atoms. The van der Waals surface area contributed by atoms with Gasteiger partial charge in [0.05, 0.1) is 5.75 Å². The number of benzene rings is 1. The van der Waals surface area contributed by atoms with Gasteiger partial charge in [0.15, 0.2) is 0 Å². The van der Waals surface area contributed by atoms with Crippen molar-refractivity contribution in [3.05, 3.63) is 34.9 Å². The Hall–Kier alpha value is -0.910. The molecule has 2 atom stereocenters. The predicted molar refractivity (Wildman–Crippen MR) is 87.5 cm³/mol. The lowest BCUT2D eigenvalue weighted by Gasteiger charge is -2.20. The molecule has 1 aromatic carbocycles. The first-order chi connectivity index (χ1) is 10.6. The summed E-state index contributed by atoms with van der Waals surface area (Å²) in [6.07, 6.45) is 5.89. The molecule has 1 N–H and O–H groups in total. The molecular weight excluding hydrogens is 298 g/mol. The molecule has 22 heavy (non-hydrogen) atoms. The SMILES string of the molecule is COCCCCS(=O)(=O)N[C@@H]1C[C@H]2CCCc3cccc1c32. The quantitative estimate of drug-likeness (QED) is 0.785. The third-order valence-electron chi connectivity index (χ3n) is 4.87. The minimum Gasteiger partial charge on any atom is -0.385 e. The van der Waals surface area contributed by atoms with Crippen LogP contribution in [0.2, 0.25) is 0 Å². The lowest BCUT2D eigenvalue weighted by Crippen LogP contribution is -2.29. The number of methoxy groups -OCH3 is 1. The van der Waals surface area contributed by atoms with Crippen LogP contribution in [0.4, 0.5) is 0 Å². The summed E-state index contributed by atoms with van der Waals surface area (Å²) < 4.78 is 32.5. The standard InChI is InChI=1S/C17H25NO3S/c1-21-10-2-3-11-22(19,20)18-16-12-14-8-4-6-13-7-5-9-15(16)17(13)14/h5,7,9,14,16,18H,2-4,6,8,10-12H2,1H3/t14-,16-/m1/s1. The van der Waals surface area contributed by atoms with Crippen LogP contribution in [0, 0.1) is 0 Å². The van der Waals surface area contributed by atoms with Crippen LogP contribution in [0.1, 0.15) is 60.8 Å². The van der Waals surface area contributed by atoms with Gasteiger partial charge in [0.2, 0.25) is 10.0 Å². The molecule has 122 valence electrons. The number of sulfonamides is 1. The summed E-state index contributed by atoms with van der Waals surface area (Å²) in [5.74, 6) is 0.730. The van der Waals surface area contributed by atoms with E-state index in [4.69, 9.17) is 4.74 Å². The summed E-state index contributed by atoms with van der Waals surface area (Å²) in [5, 5.41) is 0. The summed E-state index contributed by atoms with van der Waals surface area (Å²) >= 11 is 0. The minimum atomic E-state index is -3.22. The molecule has 2 aliphatic carbocycles. The molecule has 0 unspecified atom stereocenters. The van der Waals surface area contributed by atoms with Gasteiger partial charge in [-0.25, -0.2) is 13.1 Å². The van der Waals surface area contributed by atoms with Crippen LogP contribution in [-0.4, -0.2) is 27.9 Å². The van der Waals surface area contributed by atoms with Crippen LogP contribution in [0.3, 0.4) is 0 Å². The second-order valence-electron chi connectivity index (χ2n) is 6.43. The maximum Gasteiger partial charge on any atom is 0.212 e. The van der Waals surface area contributed by atoms with Gasteiger partial charge >= 0.3 is 0 Å². The predicted octanol–water partition coefficient (Wildman–Crippen LogP) is 2.90. The molecule has 0 fully saturated rings. The van der Waals surface area contributed by atoms with E-state index in [-0.39, 0.29) is 11.8 Å². The van der Waals surface area contributed by atoms with E-state index in [0.29, 0.717) is 18.9 Å². The fourth-order valence-corrected chi connectivity index (χ4v) is 5.27. The van der Waals surface area contributed by atoms with Crippen molar-refractivity contribution in [2.45, 2.75) is 50.5 Å². The number of aryl methyl sites for hydroxylation is 1.